The number of hydrogen-bond acceptors (Lipinski definition) is 5. The fraction of sp³-hybridized carbons (Fsp3) is 0. The molecule has 0 aliphatic heterocycles. The Morgan fingerprint density at radius 1 is 0.385 bits per heavy atom. The van der Waals surface area contributed by atoms with Crippen molar-refractivity contribution in [1.29, 1.82) is 0 Å². The van der Waals surface area contributed by atoms with Gasteiger partial charge in [-0.2, -0.15) is 0 Å². The van der Waals surface area contributed by atoms with Gasteiger partial charge in [-0.3, -0.25) is 0 Å². The van der Waals surface area contributed by atoms with Gasteiger partial charge in [0.2, 0.25) is 0 Å². The minimum atomic E-state index is 0.133. The molecule has 0 aliphatic rings. The maximum absolute atomic E-state index is 11.7. The third-order valence-electron chi connectivity index (χ3n) is 9.82. The number of rotatable bonds is 5. The van der Waals surface area contributed by atoms with E-state index in [1.54, 1.807) is 6.07 Å². The lowest BCUT2D eigenvalue weighted by molar-refractivity contribution is 0.477. The Hall–Kier alpha value is -7.11. The summed E-state index contributed by atoms with van der Waals surface area (Å²) in [5.41, 5.74) is 7.56. The molecule has 0 atom stereocenters. The molecule has 0 saturated heterocycles. The normalized spacial score (nSPS) is 11.5. The molecule has 8 aromatic carbocycles. The molecule has 244 valence electrons. The van der Waals surface area contributed by atoms with E-state index in [-0.39, 0.29) is 5.75 Å². The SMILES string of the molecule is Oc1cccc(-c2nc(-c3ccc4ccccc4c3)nc(-c3ccc4ccccc4c3)n2)c1-c1ccccc1-c1cccc2oc3ccccc3c12. The van der Waals surface area contributed by atoms with Crippen LogP contribution in [0.15, 0.2) is 174 Å². The van der Waals surface area contributed by atoms with E-state index in [0.717, 1.165) is 71.3 Å². The summed E-state index contributed by atoms with van der Waals surface area (Å²) in [5.74, 6) is 1.70. The summed E-state index contributed by atoms with van der Waals surface area (Å²) in [6, 6.07) is 57.0. The topological polar surface area (TPSA) is 72.0 Å². The van der Waals surface area contributed by atoms with Crippen LogP contribution in [-0.4, -0.2) is 20.1 Å². The first-order chi connectivity index (χ1) is 25.7. The second-order valence-corrected chi connectivity index (χ2v) is 13.0. The Morgan fingerprint density at radius 2 is 0.904 bits per heavy atom. The van der Waals surface area contributed by atoms with Gasteiger partial charge in [0.1, 0.15) is 16.9 Å². The van der Waals surface area contributed by atoms with Crippen LogP contribution >= 0.6 is 0 Å². The highest BCUT2D eigenvalue weighted by molar-refractivity contribution is 6.14. The monoisotopic (exact) mass is 667 g/mol. The summed E-state index contributed by atoms with van der Waals surface area (Å²) in [5, 5.41) is 18.3. The Morgan fingerprint density at radius 3 is 1.62 bits per heavy atom. The Bertz CT molecular complexity index is 2900. The first-order valence-electron chi connectivity index (χ1n) is 17.2. The van der Waals surface area contributed by atoms with Gasteiger partial charge in [0.25, 0.3) is 0 Å². The van der Waals surface area contributed by atoms with Crippen molar-refractivity contribution in [2.75, 3.05) is 0 Å². The predicted molar refractivity (Wildman–Crippen MR) is 211 cm³/mol. The number of fused-ring (bicyclic) bond motifs is 5. The molecule has 52 heavy (non-hydrogen) atoms. The molecule has 0 saturated carbocycles. The van der Waals surface area contributed by atoms with Crippen molar-refractivity contribution < 1.29 is 9.52 Å². The summed E-state index contributed by atoms with van der Waals surface area (Å²) in [7, 11) is 0. The minimum absolute atomic E-state index is 0.133. The van der Waals surface area contributed by atoms with E-state index in [9.17, 15) is 5.11 Å². The zero-order valence-electron chi connectivity index (χ0n) is 27.9. The van der Waals surface area contributed by atoms with Crippen molar-refractivity contribution in [3.63, 3.8) is 0 Å². The van der Waals surface area contributed by atoms with E-state index in [4.69, 9.17) is 19.4 Å². The van der Waals surface area contributed by atoms with Crippen molar-refractivity contribution in [3.05, 3.63) is 170 Å². The van der Waals surface area contributed by atoms with Crippen LogP contribution in [0.25, 0.3) is 99.9 Å². The second-order valence-electron chi connectivity index (χ2n) is 13.0. The molecule has 0 radical (unpaired) electrons. The maximum atomic E-state index is 11.7. The third kappa shape index (κ3) is 4.98. The summed E-state index contributed by atoms with van der Waals surface area (Å²) in [6.45, 7) is 0. The van der Waals surface area contributed by atoms with Gasteiger partial charge < -0.3 is 9.52 Å². The number of aromatic nitrogens is 3. The Labute approximate surface area is 299 Å². The lowest BCUT2D eigenvalue weighted by Gasteiger charge is -2.17. The van der Waals surface area contributed by atoms with E-state index in [0.29, 0.717) is 28.6 Å². The van der Waals surface area contributed by atoms with Crippen molar-refractivity contribution in [2.45, 2.75) is 0 Å². The molecule has 10 aromatic rings. The van der Waals surface area contributed by atoms with E-state index < -0.39 is 0 Å². The van der Waals surface area contributed by atoms with Gasteiger partial charge >= 0.3 is 0 Å². The van der Waals surface area contributed by atoms with Gasteiger partial charge in [0, 0.05) is 33.0 Å². The molecule has 5 heteroatoms. The van der Waals surface area contributed by atoms with E-state index in [2.05, 4.69) is 78.9 Å². The molecular formula is C47H29N3O2. The highest BCUT2D eigenvalue weighted by Crippen LogP contribution is 2.45. The molecule has 2 aromatic heterocycles. The fourth-order valence-electron chi connectivity index (χ4n) is 7.36. The fourth-order valence-corrected chi connectivity index (χ4v) is 7.36. The van der Waals surface area contributed by atoms with Crippen LogP contribution in [0.4, 0.5) is 0 Å². The molecule has 0 aliphatic carbocycles. The van der Waals surface area contributed by atoms with E-state index >= 15 is 0 Å². The summed E-state index contributed by atoms with van der Waals surface area (Å²) >= 11 is 0. The first-order valence-corrected chi connectivity index (χ1v) is 17.2. The van der Waals surface area contributed by atoms with Crippen molar-refractivity contribution in [2.24, 2.45) is 0 Å². The van der Waals surface area contributed by atoms with Gasteiger partial charge in [-0.15, -0.1) is 0 Å². The molecule has 0 bridgehead atoms. The predicted octanol–water partition coefficient (Wildman–Crippen LogP) is 12.1. The first kappa shape index (κ1) is 29.8. The highest BCUT2D eigenvalue weighted by atomic mass is 16.3. The molecule has 0 fully saturated rings. The number of nitrogens with zero attached hydrogens (tertiary/aromatic N) is 3. The molecular weight excluding hydrogens is 639 g/mol. The molecule has 1 N–H and O–H groups in total. The number of aromatic hydroxyl groups is 1. The average Bonchev–Trinajstić information content (AvgIpc) is 3.59. The zero-order chi connectivity index (χ0) is 34.6. The van der Waals surface area contributed by atoms with Crippen LogP contribution in [0.3, 0.4) is 0 Å². The van der Waals surface area contributed by atoms with Gasteiger partial charge in [-0.25, -0.2) is 15.0 Å². The zero-order valence-corrected chi connectivity index (χ0v) is 27.9. The molecule has 2 heterocycles. The van der Waals surface area contributed by atoms with Gasteiger partial charge in [-0.1, -0.05) is 140 Å². The van der Waals surface area contributed by atoms with Gasteiger partial charge in [-0.05, 0) is 68.6 Å². The number of phenolic OH excluding ortho intramolecular Hbond substituents is 1. The molecule has 0 amide bonds. The van der Waals surface area contributed by atoms with Crippen LogP contribution < -0.4 is 0 Å². The lowest BCUT2D eigenvalue weighted by atomic mass is 9.89. The van der Waals surface area contributed by atoms with E-state index in [1.807, 2.05) is 84.9 Å². The standard InChI is InChI=1S/C47H29N3O2/c51-40-20-9-19-39(43(40)36-16-6-5-15-35(36)37-18-10-22-42-44(37)38-17-7-8-21-41(38)52-42)47-49-45(33-25-23-29-11-1-3-13-31(29)27-33)48-46(50-47)34-26-24-30-12-2-4-14-32(30)28-34/h1-28,51H. The Kier molecular flexibility index (Phi) is 6.89. The lowest BCUT2D eigenvalue weighted by Crippen LogP contribution is -2.01. The number of benzene rings is 8. The summed E-state index contributed by atoms with van der Waals surface area (Å²) in [6.07, 6.45) is 0. The molecule has 5 nitrogen and oxygen atoms in total. The highest BCUT2D eigenvalue weighted by Gasteiger charge is 2.22. The maximum Gasteiger partial charge on any atom is 0.164 e. The van der Waals surface area contributed by atoms with Gasteiger partial charge in [0.15, 0.2) is 17.5 Å². The number of para-hydroxylation sites is 1. The van der Waals surface area contributed by atoms with Crippen molar-refractivity contribution >= 4 is 43.5 Å². The average molecular weight is 668 g/mol. The molecule has 0 spiro atoms. The Balaban J connectivity index is 1.21. The quantitative estimate of drug-likeness (QED) is 0.198. The number of hydrogen-bond donors (Lipinski definition) is 1. The van der Waals surface area contributed by atoms with Crippen molar-refractivity contribution in [3.8, 4) is 62.2 Å². The molecule has 10 rings (SSSR count). The minimum Gasteiger partial charge on any atom is -0.507 e. The van der Waals surface area contributed by atoms with Gasteiger partial charge in [0.05, 0.1) is 0 Å². The molecule has 0 unspecified atom stereocenters. The van der Waals surface area contributed by atoms with Crippen LogP contribution in [0, 0.1) is 0 Å². The third-order valence-corrected chi connectivity index (χ3v) is 9.82. The van der Waals surface area contributed by atoms with Crippen LogP contribution in [0.5, 0.6) is 5.75 Å². The second kappa shape index (κ2) is 12.0. The van der Waals surface area contributed by atoms with Crippen LogP contribution in [0.1, 0.15) is 0 Å². The van der Waals surface area contributed by atoms with Crippen LogP contribution in [0.2, 0.25) is 0 Å². The number of furan rings is 1. The smallest absolute Gasteiger partial charge is 0.164 e. The summed E-state index contributed by atoms with van der Waals surface area (Å²) < 4.78 is 6.26. The number of phenols is 1. The van der Waals surface area contributed by atoms with E-state index in [1.165, 1.54) is 0 Å². The van der Waals surface area contributed by atoms with Crippen molar-refractivity contribution in [1.82, 2.24) is 15.0 Å². The van der Waals surface area contributed by atoms with Crippen LogP contribution in [-0.2, 0) is 0 Å². The largest absolute Gasteiger partial charge is 0.507 e. The summed E-state index contributed by atoms with van der Waals surface area (Å²) in [4.78, 5) is 15.3.